The highest BCUT2D eigenvalue weighted by molar-refractivity contribution is 5.33. The van der Waals surface area contributed by atoms with Gasteiger partial charge in [-0.25, -0.2) is 0 Å². The maximum absolute atomic E-state index is 9.96. The van der Waals surface area contributed by atoms with Crippen LogP contribution >= 0.6 is 0 Å². The van der Waals surface area contributed by atoms with Crippen LogP contribution in [0.5, 0.6) is 0 Å². The summed E-state index contributed by atoms with van der Waals surface area (Å²) in [6, 6.07) is 8.75. The van der Waals surface area contributed by atoms with Gasteiger partial charge in [0.15, 0.2) is 0 Å². The van der Waals surface area contributed by atoms with E-state index in [1.165, 1.54) is 0 Å². The average Bonchev–Trinajstić information content (AvgIpc) is 2.35. The minimum absolute atomic E-state index is 0.374. The van der Waals surface area contributed by atoms with Crippen molar-refractivity contribution in [3.8, 4) is 6.07 Å². The van der Waals surface area contributed by atoms with Crippen LogP contribution < -0.4 is 5.73 Å². The Morgan fingerprint density at radius 3 is 2.29 bits per heavy atom. The molecule has 0 aliphatic rings. The van der Waals surface area contributed by atoms with Gasteiger partial charge in [-0.3, -0.25) is 0 Å². The molecule has 0 aliphatic heterocycles. The van der Waals surface area contributed by atoms with Crippen molar-refractivity contribution in [2.24, 2.45) is 11.7 Å². The van der Waals surface area contributed by atoms with Crippen LogP contribution in [-0.2, 0) is 0 Å². The van der Waals surface area contributed by atoms with E-state index in [-0.39, 0.29) is 6.04 Å². The molecule has 0 bridgehead atoms. The number of nitrogens with two attached hydrogens (primary N) is 1. The highest BCUT2D eigenvalue weighted by atomic mass is 16.3. The van der Waals surface area contributed by atoms with Crippen molar-refractivity contribution < 1.29 is 5.11 Å². The lowest BCUT2D eigenvalue weighted by atomic mass is 9.95. The van der Waals surface area contributed by atoms with Crippen LogP contribution in [0.4, 0.5) is 0 Å². The Hall–Kier alpha value is -1.37. The minimum Gasteiger partial charge on any atom is -0.391 e. The number of rotatable bonds is 5. The molecule has 17 heavy (non-hydrogen) atoms. The monoisotopic (exact) mass is 232 g/mol. The Morgan fingerprint density at radius 1 is 1.24 bits per heavy atom. The number of aliphatic hydroxyl groups excluding tert-OH is 1. The van der Waals surface area contributed by atoms with Gasteiger partial charge >= 0.3 is 0 Å². The number of hydrogen-bond donors (Lipinski definition) is 2. The first-order valence-corrected chi connectivity index (χ1v) is 5.98. The van der Waals surface area contributed by atoms with E-state index in [0.717, 1.165) is 12.0 Å². The van der Waals surface area contributed by atoms with Crippen molar-refractivity contribution in [3.63, 3.8) is 0 Å². The summed E-state index contributed by atoms with van der Waals surface area (Å²) in [6.07, 6.45) is 1.15. The zero-order valence-corrected chi connectivity index (χ0v) is 10.4. The van der Waals surface area contributed by atoms with E-state index in [9.17, 15) is 5.11 Å². The second-order valence-corrected chi connectivity index (χ2v) is 4.80. The molecular formula is C14H20N2O. The van der Waals surface area contributed by atoms with Gasteiger partial charge in [0.05, 0.1) is 23.8 Å². The third kappa shape index (κ3) is 4.18. The molecule has 92 valence electrons. The number of benzene rings is 1. The third-order valence-corrected chi connectivity index (χ3v) is 2.88. The summed E-state index contributed by atoms with van der Waals surface area (Å²) in [6.45, 7) is 4.25. The van der Waals surface area contributed by atoms with E-state index >= 15 is 0 Å². The Morgan fingerprint density at radius 2 is 1.82 bits per heavy atom. The first kappa shape index (κ1) is 13.7. The van der Waals surface area contributed by atoms with Gasteiger partial charge in [0.1, 0.15) is 0 Å². The first-order chi connectivity index (χ1) is 8.04. The standard InChI is InChI=1S/C14H20N2O/c1-10(2)3-8-13(17)14(16)12-6-4-11(9-15)5-7-12/h4-7,10,13-14,17H,3,8,16H2,1-2H3/t13-,14+/m1/s1. The fraction of sp³-hybridized carbons (Fsp3) is 0.500. The van der Waals surface area contributed by atoms with Crippen LogP contribution in [0.25, 0.3) is 0 Å². The SMILES string of the molecule is CC(C)CC[C@@H](O)[C@@H](N)c1ccc(C#N)cc1. The molecule has 0 unspecified atom stereocenters. The van der Waals surface area contributed by atoms with Crippen LogP contribution in [0.3, 0.4) is 0 Å². The van der Waals surface area contributed by atoms with Gasteiger partial charge < -0.3 is 10.8 Å². The average molecular weight is 232 g/mol. The molecule has 3 heteroatoms. The van der Waals surface area contributed by atoms with Crippen molar-refractivity contribution >= 4 is 0 Å². The molecule has 0 fully saturated rings. The maximum atomic E-state index is 9.96. The maximum Gasteiger partial charge on any atom is 0.0991 e. The quantitative estimate of drug-likeness (QED) is 0.818. The molecule has 0 aliphatic carbocycles. The second-order valence-electron chi connectivity index (χ2n) is 4.80. The number of aliphatic hydroxyl groups is 1. The van der Waals surface area contributed by atoms with E-state index < -0.39 is 6.10 Å². The topological polar surface area (TPSA) is 70.0 Å². The highest BCUT2D eigenvalue weighted by Crippen LogP contribution is 2.19. The van der Waals surface area contributed by atoms with Gasteiger partial charge in [0.25, 0.3) is 0 Å². The Bertz CT molecular complexity index is 378. The van der Waals surface area contributed by atoms with Gasteiger partial charge in [-0.1, -0.05) is 26.0 Å². The van der Waals surface area contributed by atoms with Crippen LogP contribution in [0.2, 0.25) is 0 Å². The molecule has 0 amide bonds. The van der Waals surface area contributed by atoms with Gasteiger partial charge in [0.2, 0.25) is 0 Å². The summed E-state index contributed by atoms with van der Waals surface area (Å²) < 4.78 is 0. The molecule has 1 aromatic carbocycles. The van der Waals surface area contributed by atoms with Crippen molar-refractivity contribution in [3.05, 3.63) is 35.4 Å². The molecule has 2 atom stereocenters. The Kier molecular flexibility index (Phi) is 5.14. The summed E-state index contributed by atoms with van der Waals surface area (Å²) >= 11 is 0. The van der Waals surface area contributed by atoms with Crippen molar-refractivity contribution in [2.75, 3.05) is 0 Å². The number of hydrogen-bond acceptors (Lipinski definition) is 3. The summed E-state index contributed by atoms with van der Waals surface area (Å²) in [5.41, 5.74) is 7.47. The fourth-order valence-electron chi connectivity index (χ4n) is 1.69. The summed E-state index contributed by atoms with van der Waals surface area (Å²) in [5.74, 6) is 0.567. The van der Waals surface area contributed by atoms with Gasteiger partial charge in [-0.2, -0.15) is 5.26 Å². The summed E-state index contributed by atoms with van der Waals surface area (Å²) in [4.78, 5) is 0. The molecule has 1 rings (SSSR count). The highest BCUT2D eigenvalue weighted by Gasteiger charge is 2.16. The smallest absolute Gasteiger partial charge is 0.0991 e. The van der Waals surface area contributed by atoms with E-state index in [2.05, 4.69) is 19.9 Å². The molecule has 0 heterocycles. The Balaban J connectivity index is 2.61. The third-order valence-electron chi connectivity index (χ3n) is 2.88. The summed E-state index contributed by atoms with van der Waals surface area (Å²) in [7, 11) is 0. The van der Waals surface area contributed by atoms with Crippen LogP contribution in [0, 0.1) is 17.2 Å². The van der Waals surface area contributed by atoms with Gasteiger partial charge in [-0.05, 0) is 36.5 Å². The van der Waals surface area contributed by atoms with E-state index in [1.54, 1.807) is 12.1 Å². The molecule has 0 aromatic heterocycles. The van der Waals surface area contributed by atoms with Crippen molar-refractivity contribution in [2.45, 2.75) is 38.8 Å². The number of nitriles is 1. The first-order valence-electron chi connectivity index (χ1n) is 5.98. The largest absolute Gasteiger partial charge is 0.391 e. The minimum atomic E-state index is -0.523. The predicted octanol–water partition coefficient (Wildman–Crippen LogP) is 2.36. The molecule has 0 radical (unpaired) electrons. The van der Waals surface area contributed by atoms with Crippen molar-refractivity contribution in [1.82, 2.24) is 0 Å². The lowest BCUT2D eigenvalue weighted by Gasteiger charge is -2.20. The van der Waals surface area contributed by atoms with E-state index in [4.69, 9.17) is 11.0 Å². The van der Waals surface area contributed by atoms with Crippen molar-refractivity contribution in [1.29, 1.82) is 5.26 Å². The van der Waals surface area contributed by atoms with Crippen LogP contribution in [0.1, 0.15) is 43.9 Å². The zero-order chi connectivity index (χ0) is 12.8. The lowest BCUT2D eigenvalue weighted by Crippen LogP contribution is -2.26. The van der Waals surface area contributed by atoms with E-state index in [1.807, 2.05) is 12.1 Å². The predicted molar refractivity (Wildman–Crippen MR) is 68.2 cm³/mol. The molecule has 0 spiro atoms. The lowest BCUT2D eigenvalue weighted by molar-refractivity contribution is 0.128. The summed E-state index contributed by atoms with van der Waals surface area (Å²) in [5, 5.41) is 18.6. The normalized spacial score (nSPS) is 14.4. The molecular weight excluding hydrogens is 212 g/mol. The number of nitrogens with zero attached hydrogens (tertiary/aromatic N) is 1. The van der Waals surface area contributed by atoms with Gasteiger partial charge in [-0.15, -0.1) is 0 Å². The molecule has 0 saturated heterocycles. The fourth-order valence-corrected chi connectivity index (χ4v) is 1.69. The molecule has 3 N–H and O–H groups in total. The Labute approximate surface area is 103 Å². The molecule has 3 nitrogen and oxygen atoms in total. The second kappa shape index (κ2) is 6.39. The zero-order valence-electron chi connectivity index (χ0n) is 10.4. The molecule has 0 saturated carbocycles. The van der Waals surface area contributed by atoms with Crippen LogP contribution in [-0.4, -0.2) is 11.2 Å². The van der Waals surface area contributed by atoms with Gasteiger partial charge in [0, 0.05) is 0 Å². The van der Waals surface area contributed by atoms with E-state index in [0.29, 0.717) is 17.9 Å². The molecule has 1 aromatic rings. The van der Waals surface area contributed by atoms with Crippen LogP contribution in [0.15, 0.2) is 24.3 Å².